The molecule has 0 aromatic carbocycles. The molecule has 0 aliphatic carbocycles. The molecule has 1 aliphatic rings. The number of aromatic nitrogens is 2. The summed E-state index contributed by atoms with van der Waals surface area (Å²) in [5, 5.41) is 20.0. The van der Waals surface area contributed by atoms with Crippen LogP contribution in [0.2, 0.25) is 0 Å². The van der Waals surface area contributed by atoms with Crippen LogP contribution in [0.5, 0.6) is 0 Å². The number of nitrogens with zero attached hydrogens (tertiary/aromatic N) is 1. The molecular weight excluding hydrogens is 357 g/mol. The quantitative estimate of drug-likeness (QED) is 0.392. The number of nitrogens with two attached hydrogens (primary N) is 1. The molecule has 0 unspecified atom stereocenters. The summed E-state index contributed by atoms with van der Waals surface area (Å²) in [6, 6.07) is 0.133. The number of ether oxygens (including phenoxy) is 2. The number of hydrogen-bond acceptors (Lipinski definition) is 8. The summed E-state index contributed by atoms with van der Waals surface area (Å²) in [5.41, 5.74) is 5.11. The number of hydrogen-bond donors (Lipinski definition) is 4. The number of carbonyl (C=O) groups is 1. The maximum atomic E-state index is 14.9. The van der Waals surface area contributed by atoms with Crippen molar-refractivity contribution in [3.63, 3.8) is 0 Å². The van der Waals surface area contributed by atoms with Gasteiger partial charge >= 0.3 is 5.97 Å². The Kier molecular flexibility index (Phi) is 5.74. The summed E-state index contributed by atoms with van der Waals surface area (Å²) in [7, 11) is 0. The van der Waals surface area contributed by atoms with E-state index in [1.807, 2.05) is 0 Å². The first-order valence-corrected chi connectivity index (χ1v) is 7.94. The van der Waals surface area contributed by atoms with Crippen LogP contribution in [0.25, 0.3) is 0 Å². The molecule has 0 saturated carbocycles. The summed E-state index contributed by atoms with van der Waals surface area (Å²) in [5.74, 6) is -3.95. The van der Waals surface area contributed by atoms with E-state index in [1.165, 1.54) is 6.20 Å². The number of rotatable bonds is 5. The van der Waals surface area contributed by atoms with Gasteiger partial charge in [0.05, 0.1) is 0 Å². The Bertz CT molecular complexity index is 753. The number of nitrogens with one attached hydrogen (secondary N) is 1. The van der Waals surface area contributed by atoms with Gasteiger partial charge < -0.3 is 25.4 Å². The zero-order valence-corrected chi connectivity index (χ0v) is 14.4. The molecule has 1 fully saturated rings. The summed E-state index contributed by atoms with van der Waals surface area (Å²) < 4.78 is 25.6. The SMILES string of the molecule is CC(C)[C@H](N)C(=O)OC[C@@]1(F)O[C@@H](n2ccc(=O)[nH]c2=S)[C@H](O)[C@@H]1O. The van der Waals surface area contributed by atoms with Gasteiger partial charge in [0.15, 0.2) is 17.6 Å². The Morgan fingerprint density at radius 1 is 1.60 bits per heavy atom. The average Bonchev–Trinajstić information content (AvgIpc) is 2.77. The van der Waals surface area contributed by atoms with Crippen LogP contribution in [0.1, 0.15) is 20.1 Å². The van der Waals surface area contributed by atoms with E-state index in [0.29, 0.717) is 0 Å². The Balaban J connectivity index is 2.16. The number of esters is 1. The van der Waals surface area contributed by atoms with Gasteiger partial charge in [-0.2, -0.15) is 0 Å². The second-order valence-electron chi connectivity index (χ2n) is 6.12. The Morgan fingerprint density at radius 2 is 2.24 bits per heavy atom. The van der Waals surface area contributed by atoms with Crippen LogP contribution in [-0.2, 0) is 14.3 Å². The Morgan fingerprint density at radius 3 is 2.80 bits per heavy atom. The highest BCUT2D eigenvalue weighted by molar-refractivity contribution is 7.71. The zero-order valence-electron chi connectivity index (χ0n) is 13.6. The maximum Gasteiger partial charge on any atom is 0.323 e. The monoisotopic (exact) mass is 377 g/mol. The highest BCUT2D eigenvalue weighted by atomic mass is 32.1. The number of halogens is 1. The van der Waals surface area contributed by atoms with Gasteiger partial charge in [0.2, 0.25) is 0 Å². The van der Waals surface area contributed by atoms with E-state index in [4.69, 9.17) is 27.4 Å². The Hall–Kier alpha value is -1.66. The number of aliphatic hydroxyl groups excluding tert-OH is 2. The van der Waals surface area contributed by atoms with E-state index in [9.17, 15) is 24.2 Å². The predicted octanol–water partition coefficient (Wildman–Crippen LogP) is -0.651. The van der Waals surface area contributed by atoms with Gasteiger partial charge in [-0.05, 0) is 18.1 Å². The van der Waals surface area contributed by atoms with E-state index in [2.05, 4.69) is 4.98 Å². The van der Waals surface area contributed by atoms with Crippen LogP contribution in [0.4, 0.5) is 4.39 Å². The molecule has 1 aliphatic heterocycles. The third-order valence-electron chi connectivity index (χ3n) is 3.90. The second-order valence-corrected chi connectivity index (χ2v) is 6.51. The van der Waals surface area contributed by atoms with Crippen molar-refractivity contribution < 1.29 is 28.9 Å². The minimum atomic E-state index is -2.86. The van der Waals surface area contributed by atoms with Crippen LogP contribution in [0, 0.1) is 10.7 Å². The van der Waals surface area contributed by atoms with Crippen molar-refractivity contribution in [2.24, 2.45) is 11.7 Å². The number of aromatic amines is 1. The first-order chi connectivity index (χ1) is 11.6. The van der Waals surface area contributed by atoms with Gasteiger partial charge in [0.1, 0.15) is 18.2 Å². The zero-order chi connectivity index (χ0) is 18.9. The lowest BCUT2D eigenvalue weighted by Crippen LogP contribution is -2.46. The number of alkyl halides is 1. The van der Waals surface area contributed by atoms with Crippen molar-refractivity contribution in [1.82, 2.24) is 9.55 Å². The van der Waals surface area contributed by atoms with Crippen LogP contribution in [0.15, 0.2) is 17.1 Å². The van der Waals surface area contributed by atoms with Crippen LogP contribution < -0.4 is 11.3 Å². The highest BCUT2D eigenvalue weighted by Gasteiger charge is 2.57. The molecule has 0 bridgehead atoms. The Labute approximate surface area is 147 Å². The van der Waals surface area contributed by atoms with Gasteiger partial charge in [-0.25, -0.2) is 4.39 Å². The summed E-state index contributed by atoms with van der Waals surface area (Å²) in [6.45, 7) is 2.42. The van der Waals surface area contributed by atoms with Crippen molar-refractivity contribution in [2.45, 2.75) is 44.2 Å². The topological polar surface area (TPSA) is 140 Å². The maximum absolute atomic E-state index is 14.9. The summed E-state index contributed by atoms with van der Waals surface area (Å²) in [6.07, 6.45) is -3.94. The molecule has 2 rings (SSSR count). The van der Waals surface area contributed by atoms with E-state index in [1.54, 1.807) is 13.8 Å². The van der Waals surface area contributed by atoms with Gasteiger partial charge in [0, 0.05) is 12.3 Å². The molecule has 25 heavy (non-hydrogen) atoms. The van der Waals surface area contributed by atoms with Gasteiger partial charge in [-0.3, -0.25) is 19.1 Å². The summed E-state index contributed by atoms with van der Waals surface area (Å²) in [4.78, 5) is 25.2. The average molecular weight is 377 g/mol. The van der Waals surface area contributed by atoms with Crippen LogP contribution in [0.3, 0.4) is 0 Å². The molecule has 2 heterocycles. The first-order valence-electron chi connectivity index (χ1n) is 7.53. The lowest BCUT2D eigenvalue weighted by atomic mass is 10.1. The standard InChI is InChI=1S/C14H20FN3O6S/c1-6(2)8(16)12(22)23-5-14(15)10(21)9(20)11(24-14)18-4-3-7(19)17-13(18)25/h3-4,6,8-11,20-21H,5,16H2,1-2H3,(H,17,19,25)/t8-,9+,10-,11+,14+/m0/s1. The summed E-state index contributed by atoms with van der Waals surface area (Å²) >= 11 is 4.92. The molecule has 1 aromatic heterocycles. The normalized spacial score (nSPS) is 30.4. The minimum absolute atomic E-state index is 0.133. The van der Waals surface area contributed by atoms with Crippen molar-refractivity contribution in [1.29, 1.82) is 0 Å². The molecule has 1 aromatic rings. The molecule has 0 radical (unpaired) electrons. The molecule has 140 valence electrons. The molecule has 0 spiro atoms. The molecule has 1 saturated heterocycles. The molecule has 0 amide bonds. The van der Waals surface area contributed by atoms with Gasteiger partial charge in [0.25, 0.3) is 11.4 Å². The highest BCUT2D eigenvalue weighted by Crippen LogP contribution is 2.38. The third-order valence-corrected chi connectivity index (χ3v) is 4.21. The predicted molar refractivity (Wildman–Crippen MR) is 85.6 cm³/mol. The van der Waals surface area contributed by atoms with Crippen molar-refractivity contribution in [3.8, 4) is 0 Å². The fourth-order valence-corrected chi connectivity index (χ4v) is 2.52. The molecule has 5 atom stereocenters. The van der Waals surface area contributed by atoms with Gasteiger partial charge in [-0.1, -0.05) is 13.8 Å². The number of carbonyl (C=O) groups excluding carboxylic acids is 1. The largest absolute Gasteiger partial charge is 0.458 e. The van der Waals surface area contributed by atoms with Crippen LogP contribution in [-0.4, -0.2) is 56.4 Å². The van der Waals surface area contributed by atoms with E-state index >= 15 is 0 Å². The lowest BCUT2D eigenvalue weighted by molar-refractivity contribution is -0.217. The lowest BCUT2D eigenvalue weighted by Gasteiger charge is -2.24. The van der Waals surface area contributed by atoms with E-state index in [0.717, 1.165) is 10.6 Å². The first kappa shape index (κ1) is 19.7. The molecule has 11 heteroatoms. The molecule has 5 N–H and O–H groups in total. The van der Waals surface area contributed by atoms with Crippen LogP contribution >= 0.6 is 12.2 Å². The molecular formula is C14H20FN3O6S. The fraction of sp³-hybridized carbons (Fsp3) is 0.643. The van der Waals surface area contributed by atoms with E-state index < -0.39 is 48.5 Å². The smallest absolute Gasteiger partial charge is 0.323 e. The van der Waals surface area contributed by atoms with E-state index in [-0.39, 0.29) is 10.7 Å². The fourth-order valence-electron chi connectivity index (χ4n) is 2.26. The van der Waals surface area contributed by atoms with Crippen molar-refractivity contribution >= 4 is 18.2 Å². The third kappa shape index (κ3) is 3.96. The van der Waals surface area contributed by atoms with Gasteiger partial charge in [-0.15, -0.1) is 0 Å². The minimum Gasteiger partial charge on any atom is -0.458 e. The second kappa shape index (κ2) is 7.30. The van der Waals surface area contributed by atoms with Crippen molar-refractivity contribution in [3.05, 3.63) is 27.4 Å². The molecule has 9 nitrogen and oxygen atoms in total. The number of aliphatic hydroxyl groups is 2. The number of H-pyrrole nitrogens is 1. The van der Waals surface area contributed by atoms with Crippen molar-refractivity contribution in [2.75, 3.05) is 6.61 Å².